The summed E-state index contributed by atoms with van der Waals surface area (Å²) in [5.74, 6) is -0.389. The number of carbonyl (C=O) groups excluding carboxylic acids is 2. The van der Waals surface area contributed by atoms with Crippen LogP contribution >= 0.6 is 11.8 Å². The van der Waals surface area contributed by atoms with Crippen LogP contribution in [0.3, 0.4) is 0 Å². The second-order valence-electron chi connectivity index (χ2n) is 4.50. The van der Waals surface area contributed by atoms with Crippen molar-refractivity contribution in [1.29, 1.82) is 0 Å². The van der Waals surface area contributed by atoms with Crippen molar-refractivity contribution in [2.24, 2.45) is 5.73 Å². The van der Waals surface area contributed by atoms with Crippen molar-refractivity contribution in [3.8, 4) is 11.1 Å². The summed E-state index contributed by atoms with van der Waals surface area (Å²) in [6, 6.07) is 17.2. The Balaban J connectivity index is 2.03. The molecule has 0 aromatic heterocycles. The van der Waals surface area contributed by atoms with Crippen LogP contribution in [0.25, 0.3) is 11.1 Å². The second-order valence-corrected chi connectivity index (χ2v) is 5.92. The van der Waals surface area contributed by atoms with Gasteiger partial charge in [-0.05, 0) is 30.2 Å². The van der Waals surface area contributed by atoms with E-state index in [0.29, 0.717) is 0 Å². The van der Waals surface area contributed by atoms with Gasteiger partial charge in [-0.1, -0.05) is 42.5 Å². The molecule has 0 fully saturated rings. The summed E-state index contributed by atoms with van der Waals surface area (Å²) in [5, 5.41) is 1.69. The molecule has 3 amide bonds. The number of primary amides is 1. The maximum atomic E-state index is 11.6. The van der Waals surface area contributed by atoms with Crippen LogP contribution in [0.4, 0.5) is 4.79 Å². The van der Waals surface area contributed by atoms with E-state index in [1.165, 1.54) is 11.8 Å². The molecule has 0 aliphatic heterocycles. The molecule has 0 saturated heterocycles. The number of nitrogens with one attached hydrogen (secondary N) is 1. The topological polar surface area (TPSA) is 72.2 Å². The fraction of sp³-hybridized carbons (Fsp3) is 0.125. The van der Waals surface area contributed by atoms with Crippen LogP contribution in [0.1, 0.15) is 6.92 Å². The number of hydrogen-bond acceptors (Lipinski definition) is 3. The lowest BCUT2D eigenvalue weighted by Crippen LogP contribution is -2.39. The minimum Gasteiger partial charge on any atom is -0.351 e. The Morgan fingerprint density at radius 1 is 1.00 bits per heavy atom. The highest BCUT2D eigenvalue weighted by molar-refractivity contribution is 8.00. The molecule has 2 aromatic carbocycles. The highest BCUT2D eigenvalue weighted by atomic mass is 32.2. The van der Waals surface area contributed by atoms with E-state index in [9.17, 15) is 9.59 Å². The molecule has 0 heterocycles. The molecular weight excluding hydrogens is 284 g/mol. The maximum Gasteiger partial charge on any atom is 0.318 e. The molecule has 0 saturated carbocycles. The lowest BCUT2D eigenvalue weighted by molar-refractivity contribution is -0.119. The number of hydrogen-bond donors (Lipinski definition) is 2. The third-order valence-electron chi connectivity index (χ3n) is 2.89. The van der Waals surface area contributed by atoms with E-state index in [2.05, 4.69) is 5.32 Å². The van der Waals surface area contributed by atoms with Gasteiger partial charge in [-0.2, -0.15) is 0 Å². The van der Waals surface area contributed by atoms with Gasteiger partial charge in [-0.15, -0.1) is 11.8 Å². The van der Waals surface area contributed by atoms with Crippen molar-refractivity contribution in [3.05, 3.63) is 54.6 Å². The molecule has 108 valence electrons. The number of amides is 3. The van der Waals surface area contributed by atoms with Gasteiger partial charge < -0.3 is 5.73 Å². The van der Waals surface area contributed by atoms with Crippen molar-refractivity contribution in [2.45, 2.75) is 17.1 Å². The van der Waals surface area contributed by atoms with E-state index in [-0.39, 0.29) is 11.2 Å². The second kappa shape index (κ2) is 6.95. The van der Waals surface area contributed by atoms with Crippen molar-refractivity contribution in [3.63, 3.8) is 0 Å². The van der Waals surface area contributed by atoms with E-state index in [4.69, 9.17) is 5.73 Å². The van der Waals surface area contributed by atoms with Crippen LogP contribution in [0.2, 0.25) is 0 Å². The van der Waals surface area contributed by atoms with E-state index < -0.39 is 6.03 Å². The molecule has 1 unspecified atom stereocenters. The van der Waals surface area contributed by atoms with Crippen LogP contribution in [0.5, 0.6) is 0 Å². The summed E-state index contributed by atoms with van der Waals surface area (Å²) >= 11 is 1.38. The Morgan fingerprint density at radius 2 is 1.57 bits per heavy atom. The smallest absolute Gasteiger partial charge is 0.318 e. The lowest BCUT2D eigenvalue weighted by Gasteiger charge is -2.10. The van der Waals surface area contributed by atoms with Gasteiger partial charge in [-0.3, -0.25) is 10.1 Å². The van der Waals surface area contributed by atoms with Crippen molar-refractivity contribution in [1.82, 2.24) is 5.32 Å². The number of carbonyl (C=O) groups is 2. The third kappa shape index (κ3) is 4.36. The lowest BCUT2D eigenvalue weighted by atomic mass is 10.1. The molecule has 1 atom stereocenters. The minimum atomic E-state index is -0.827. The van der Waals surface area contributed by atoms with Crippen LogP contribution in [0, 0.1) is 0 Å². The largest absolute Gasteiger partial charge is 0.351 e. The SMILES string of the molecule is CC(Sc1ccc(-c2ccccc2)cc1)C(=O)NC(N)=O. The molecule has 2 rings (SSSR count). The zero-order valence-electron chi connectivity index (χ0n) is 11.6. The van der Waals surface area contributed by atoms with Crippen LogP contribution < -0.4 is 11.1 Å². The molecular formula is C16H16N2O2S. The Hall–Kier alpha value is -2.27. The van der Waals surface area contributed by atoms with Crippen LogP contribution in [-0.2, 0) is 4.79 Å². The summed E-state index contributed by atoms with van der Waals surface area (Å²) in [7, 11) is 0. The maximum absolute atomic E-state index is 11.6. The Labute approximate surface area is 127 Å². The average molecular weight is 300 g/mol. The van der Waals surface area contributed by atoms with Gasteiger partial charge in [0.1, 0.15) is 0 Å². The van der Waals surface area contributed by atoms with Gasteiger partial charge in [-0.25, -0.2) is 4.79 Å². The molecule has 0 aliphatic carbocycles. The molecule has 0 radical (unpaired) electrons. The monoisotopic (exact) mass is 300 g/mol. The van der Waals surface area contributed by atoms with E-state index >= 15 is 0 Å². The molecule has 3 N–H and O–H groups in total. The zero-order chi connectivity index (χ0) is 15.2. The average Bonchev–Trinajstić information content (AvgIpc) is 2.48. The molecule has 0 bridgehead atoms. The number of benzene rings is 2. The predicted octanol–water partition coefficient (Wildman–Crippen LogP) is 3.03. The Morgan fingerprint density at radius 3 is 2.14 bits per heavy atom. The molecule has 5 heteroatoms. The van der Waals surface area contributed by atoms with Crippen molar-refractivity contribution >= 4 is 23.7 Å². The first-order chi connectivity index (χ1) is 10.1. The number of thioether (sulfide) groups is 1. The highest BCUT2D eigenvalue weighted by Gasteiger charge is 2.15. The summed E-state index contributed by atoms with van der Waals surface area (Å²) in [4.78, 5) is 23.2. The van der Waals surface area contributed by atoms with E-state index in [0.717, 1.165) is 16.0 Å². The normalized spacial score (nSPS) is 11.7. The van der Waals surface area contributed by atoms with Gasteiger partial charge in [0.25, 0.3) is 0 Å². The minimum absolute atomic E-state index is 0.389. The van der Waals surface area contributed by atoms with Gasteiger partial charge >= 0.3 is 6.03 Å². The first-order valence-corrected chi connectivity index (χ1v) is 7.36. The van der Waals surface area contributed by atoms with Crippen LogP contribution in [0.15, 0.2) is 59.5 Å². The molecule has 2 aromatic rings. The standard InChI is InChI=1S/C16H16N2O2S/c1-11(15(19)18-16(17)20)21-14-9-7-13(8-10-14)12-5-3-2-4-6-12/h2-11H,1H3,(H3,17,18,19,20). The first kappa shape index (κ1) is 15.1. The zero-order valence-corrected chi connectivity index (χ0v) is 12.4. The fourth-order valence-corrected chi connectivity index (χ4v) is 2.70. The van der Waals surface area contributed by atoms with Crippen molar-refractivity contribution in [2.75, 3.05) is 0 Å². The highest BCUT2D eigenvalue weighted by Crippen LogP contribution is 2.26. The molecule has 0 aliphatic rings. The van der Waals surface area contributed by atoms with E-state index in [1.54, 1.807) is 6.92 Å². The third-order valence-corrected chi connectivity index (χ3v) is 4.00. The summed E-state index contributed by atoms with van der Waals surface area (Å²) in [6.45, 7) is 1.73. The number of urea groups is 1. The van der Waals surface area contributed by atoms with Gasteiger partial charge in [0.2, 0.25) is 5.91 Å². The Bertz CT molecular complexity index is 626. The summed E-state index contributed by atoms with van der Waals surface area (Å²) in [6.07, 6.45) is 0. The summed E-state index contributed by atoms with van der Waals surface area (Å²) < 4.78 is 0. The van der Waals surface area contributed by atoms with Gasteiger partial charge in [0, 0.05) is 4.90 Å². The van der Waals surface area contributed by atoms with E-state index in [1.807, 2.05) is 54.6 Å². The molecule has 21 heavy (non-hydrogen) atoms. The van der Waals surface area contributed by atoms with Crippen LogP contribution in [-0.4, -0.2) is 17.2 Å². The predicted molar refractivity (Wildman–Crippen MR) is 84.9 cm³/mol. The van der Waals surface area contributed by atoms with Crippen molar-refractivity contribution < 1.29 is 9.59 Å². The fourth-order valence-electron chi connectivity index (χ4n) is 1.84. The first-order valence-electron chi connectivity index (χ1n) is 6.48. The quantitative estimate of drug-likeness (QED) is 0.852. The number of imide groups is 1. The number of nitrogens with two attached hydrogens (primary N) is 1. The molecule has 4 nitrogen and oxygen atoms in total. The molecule has 0 spiro atoms. The number of rotatable bonds is 4. The van der Waals surface area contributed by atoms with Gasteiger partial charge in [0.05, 0.1) is 5.25 Å². The Kier molecular flexibility index (Phi) is 5.00. The summed E-state index contributed by atoms with van der Waals surface area (Å²) in [5.41, 5.74) is 7.20. The van der Waals surface area contributed by atoms with Gasteiger partial charge in [0.15, 0.2) is 0 Å².